The van der Waals surface area contributed by atoms with Gasteiger partial charge in [0.1, 0.15) is 0 Å². The summed E-state index contributed by atoms with van der Waals surface area (Å²) in [4.78, 5) is 29.7. The number of hydrogen-bond acceptors (Lipinski definition) is 3. The molecule has 0 radical (unpaired) electrons. The molecule has 1 rings (SSSR count). The molecule has 0 fully saturated rings. The Morgan fingerprint density at radius 3 is 2.67 bits per heavy atom. The minimum absolute atomic E-state index is 0.0336. The van der Waals surface area contributed by atoms with Gasteiger partial charge in [0.05, 0.1) is 24.0 Å². The van der Waals surface area contributed by atoms with Crippen molar-refractivity contribution in [1.82, 2.24) is 15.3 Å². The van der Waals surface area contributed by atoms with Crippen LogP contribution in [0.3, 0.4) is 0 Å². The van der Waals surface area contributed by atoms with Crippen LogP contribution in [0.5, 0.6) is 0 Å². The normalized spacial score (nSPS) is 14.2. The van der Waals surface area contributed by atoms with Crippen molar-refractivity contribution in [2.75, 3.05) is 0 Å². The van der Waals surface area contributed by atoms with Gasteiger partial charge in [0, 0.05) is 12.6 Å². The van der Waals surface area contributed by atoms with Gasteiger partial charge in [0.25, 0.3) is 0 Å². The summed E-state index contributed by atoms with van der Waals surface area (Å²) in [7, 11) is 0. The van der Waals surface area contributed by atoms with E-state index in [-0.39, 0.29) is 18.2 Å². The van der Waals surface area contributed by atoms with Gasteiger partial charge in [0.15, 0.2) is 0 Å². The standard InChI is InChI=1S/C12H19N3O3/c1-8(2)12(3,11(17)18)4-10(16)14-6-9-5-13-7-15-9/h5,7-8H,4,6H2,1-3H3,(H,13,15)(H,14,16)(H,17,18). The molecule has 0 aliphatic carbocycles. The van der Waals surface area contributed by atoms with E-state index in [1.54, 1.807) is 27.0 Å². The van der Waals surface area contributed by atoms with Crippen LogP contribution in [0.2, 0.25) is 0 Å². The molecule has 0 spiro atoms. The van der Waals surface area contributed by atoms with Gasteiger partial charge in [-0.25, -0.2) is 4.98 Å². The lowest BCUT2D eigenvalue weighted by Crippen LogP contribution is -2.39. The fourth-order valence-electron chi connectivity index (χ4n) is 1.50. The van der Waals surface area contributed by atoms with Crippen molar-refractivity contribution in [1.29, 1.82) is 0 Å². The average Bonchev–Trinajstić information content (AvgIpc) is 2.78. The molecule has 1 aromatic rings. The molecule has 100 valence electrons. The molecule has 0 aliphatic rings. The lowest BCUT2D eigenvalue weighted by molar-refractivity contribution is -0.153. The van der Waals surface area contributed by atoms with Crippen molar-refractivity contribution < 1.29 is 14.7 Å². The number of nitrogens with one attached hydrogen (secondary N) is 2. The number of carboxylic acid groups (broad SMARTS) is 1. The SMILES string of the molecule is CC(C)C(C)(CC(=O)NCc1cnc[nH]1)C(=O)O. The van der Waals surface area contributed by atoms with Crippen LogP contribution in [0.25, 0.3) is 0 Å². The van der Waals surface area contributed by atoms with Crippen molar-refractivity contribution in [3.63, 3.8) is 0 Å². The Hall–Kier alpha value is -1.85. The molecule has 0 saturated heterocycles. The summed E-state index contributed by atoms with van der Waals surface area (Å²) in [6.45, 7) is 5.52. The van der Waals surface area contributed by atoms with Crippen LogP contribution in [-0.2, 0) is 16.1 Å². The topological polar surface area (TPSA) is 95.1 Å². The van der Waals surface area contributed by atoms with E-state index in [1.807, 2.05) is 0 Å². The van der Waals surface area contributed by atoms with E-state index in [0.29, 0.717) is 6.54 Å². The molecule has 6 heteroatoms. The van der Waals surface area contributed by atoms with Crippen molar-refractivity contribution in [2.24, 2.45) is 11.3 Å². The maximum atomic E-state index is 11.8. The van der Waals surface area contributed by atoms with E-state index in [2.05, 4.69) is 15.3 Å². The molecule has 3 N–H and O–H groups in total. The number of hydrogen-bond donors (Lipinski definition) is 3. The highest BCUT2D eigenvalue weighted by Crippen LogP contribution is 2.31. The minimum Gasteiger partial charge on any atom is -0.481 e. The van der Waals surface area contributed by atoms with E-state index in [0.717, 1.165) is 5.69 Å². The van der Waals surface area contributed by atoms with E-state index >= 15 is 0 Å². The number of imidazole rings is 1. The minimum atomic E-state index is -1.04. The first-order valence-corrected chi connectivity index (χ1v) is 5.83. The lowest BCUT2D eigenvalue weighted by Gasteiger charge is -2.28. The zero-order valence-electron chi connectivity index (χ0n) is 10.9. The second-order valence-corrected chi connectivity index (χ2v) is 4.91. The number of rotatable bonds is 6. The van der Waals surface area contributed by atoms with Gasteiger partial charge < -0.3 is 15.4 Å². The Balaban J connectivity index is 2.55. The molecule has 0 saturated carbocycles. The molecule has 18 heavy (non-hydrogen) atoms. The van der Waals surface area contributed by atoms with E-state index < -0.39 is 11.4 Å². The highest BCUT2D eigenvalue weighted by molar-refractivity contribution is 5.84. The summed E-state index contributed by atoms with van der Waals surface area (Å²) in [5, 5.41) is 11.9. The predicted octanol–water partition coefficient (Wildman–Crippen LogP) is 1.16. The Morgan fingerprint density at radius 2 is 2.22 bits per heavy atom. The van der Waals surface area contributed by atoms with Crippen LogP contribution in [0, 0.1) is 11.3 Å². The number of H-pyrrole nitrogens is 1. The summed E-state index contributed by atoms with van der Waals surface area (Å²) in [5.74, 6) is -1.34. The van der Waals surface area contributed by atoms with Crippen LogP contribution >= 0.6 is 0 Å². The summed E-state index contributed by atoms with van der Waals surface area (Å²) in [5.41, 5.74) is -0.261. The van der Waals surface area contributed by atoms with E-state index in [4.69, 9.17) is 0 Å². The van der Waals surface area contributed by atoms with Gasteiger partial charge in [-0.3, -0.25) is 9.59 Å². The zero-order valence-corrected chi connectivity index (χ0v) is 10.9. The Morgan fingerprint density at radius 1 is 1.56 bits per heavy atom. The highest BCUT2D eigenvalue weighted by atomic mass is 16.4. The fourth-order valence-corrected chi connectivity index (χ4v) is 1.50. The molecule has 1 aromatic heterocycles. The average molecular weight is 253 g/mol. The maximum Gasteiger partial charge on any atom is 0.310 e. The van der Waals surface area contributed by atoms with E-state index in [9.17, 15) is 14.7 Å². The number of aromatic nitrogens is 2. The second kappa shape index (κ2) is 5.66. The quantitative estimate of drug-likeness (QED) is 0.709. The van der Waals surface area contributed by atoms with Crippen molar-refractivity contribution in [3.05, 3.63) is 18.2 Å². The number of carbonyl (C=O) groups is 2. The van der Waals surface area contributed by atoms with Crippen LogP contribution in [0.4, 0.5) is 0 Å². The van der Waals surface area contributed by atoms with E-state index in [1.165, 1.54) is 6.33 Å². The number of carbonyl (C=O) groups excluding carboxylic acids is 1. The molecule has 0 bridgehead atoms. The third kappa shape index (κ3) is 3.32. The zero-order chi connectivity index (χ0) is 13.8. The number of aromatic amines is 1. The van der Waals surface area contributed by atoms with Crippen LogP contribution in [0.1, 0.15) is 32.9 Å². The van der Waals surface area contributed by atoms with Crippen LogP contribution < -0.4 is 5.32 Å². The van der Waals surface area contributed by atoms with Crippen LogP contribution in [0.15, 0.2) is 12.5 Å². The Labute approximate surface area is 106 Å². The third-order valence-corrected chi connectivity index (χ3v) is 3.32. The number of nitrogens with zero attached hydrogens (tertiary/aromatic N) is 1. The predicted molar refractivity (Wildman–Crippen MR) is 65.6 cm³/mol. The van der Waals surface area contributed by atoms with Crippen molar-refractivity contribution >= 4 is 11.9 Å². The molecule has 1 heterocycles. The molecule has 0 aromatic carbocycles. The molecule has 0 aliphatic heterocycles. The molecular formula is C12H19N3O3. The first-order chi connectivity index (χ1) is 8.36. The van der Waals surface area contributed by atoms with Gasteiger partial charge in [0.2, 0.25) is 5.91 Å². The number of carboxylic acids is 1. The lowest BCUT2D eigenvalue weighted by atomic mass is 9.76. The second-order valence-electron chi connectivity index (χ2n) is 4.91. The molecule has 1 atom stereocenters. The summed E-state index contributed by atoms with van der Waals surface area (Å²) in [6.07, 6.45) is 3.10. The van der Waals surface area contributed by atoms with Crippen LogP contribution in [-0.4, -0.2) is 27.0 Å². The summed E-state index contributed by atoms with van der Waals surface area (Å²) < 4.78 is 0. The first kappa shape index (κ1) is 14.2. The smallest absolute Gasteiger partial charge is 0.310 e. The molecule has 1 unspecified atom stereocenters. The molecule has 1 amide bonds. The van der Waals surface area contributed by atoms with Gasteiger partial charge in [-0.1, -0.05) is 13.8 Å². The van der Waals surface area contributed by atoms with Crippen molar-refractivity contribution in [2.45, 2.75) is 33.7 Å². The molecule has 6 nitrogen and oxygen atoms in total. The van der Waals surface area contributed by atoms with Gasteiger partial charge >= 0.3 is 5.97 Å². The van der Waals surface area contributed by atoms with Crippen molar-refractivity contribution in [3.8, 4) is 0 Å². The van der Waals surface area contributed by atoms with Gasteiger partial charge in [-0.2, -0.15) is 0 Å². The third-order valence-electron chi connectivity index (χ3n) is 3.32. The molecular weight excluding hydrogens is 234 g/mol. The number of aliphatic carboxylic acids is 1. The highest BCUT2D eigenvalue weighted by Gasteiger charge is 2.38. The fraction of sp³-hybridized carbons (Fsp3) is 0.583. The van der Waals surface area contributed by atoms with Gasteiger partial charge in [-0.05, 0) is 12.8 Å². The number of amides is 1. The Kier molecular flexibility index (Phi) is 4.47. The first-order valence-electron chi connectivity index (χ1n) is 5.83. The summed E-state index contributed by atoms with van der Waals surface area (Å²) in [6, 6.07) is 0. The van der Waals surface area contributed by atoms with Gasteiger partial charge in [-0.15, -0.1) is 0 Å². The Bertz CT molecular complexity index is 414. The largest absolute Gasteiger partial charge is 0.481 e. The maximum absolute atomic E-state index is 11.8. The monoisotopic (exact) mass is 253 g/mol. The summed E-state index contributed by atoms with van der Waals surface area (Å²) >= 11 is 0.